The zero-order valence-corrected chi connectivity index (χ0v) is 13.0. The van der Waals surface area contributed by atoms with Gasteiger partial charge in [0.2, 0.25) is 5.91 Å². The van der Waals surface area contributed by atoms with E-state index in [1.165, 1.54) is 13.2 Å². The van der Waals surface area contributed by atoms with E-state index in [-0.39, 0.29) is 30.3 Å². The normalized spacial score (nSPS) is 18.3. The molecule has 0 saturated carbocycles. The van der Waals surface area contributed by atoms with Gasteiger partial charge in [-0.2, -0.15) is 0 Å². The highest BCUT2D eigenvalue weighted by Gasteiger charge is 2.27. The van der Waals surface area contributed by atoms with Gasteiger partial charge in [-0.3, -0.25) is 4.79 Å². The van der Waals surface area contributed by atoms with Crippen molar-refractivity contribution in [3.8, 4) is 5.75 Å². The molecule has 0 aliphatic carbocycles. The minimum absolute atomic E-state index is 0.0236. The van der Waals surface area contributed by atoms with E-state index in [1.807, 2.05) is 13.0 Å². The van der Waals surface area contributed by atoms with E-state index in [2.05, 4.69) is 5.32 Å². The van der Waals surface area contributed by atoms with Crippen LogP contribution in [-0.2, 0) is 9.53 Å². The van der Waals surface area contributed by atoms with Crippen molar-refractivity contribution in [1.82, 2.24) is 5.32 Å². The smallest absolute Gasteiger partial charge is 0.246 e. The first-order valence-electron chi connectivity index (χ1n) is 7.56. The van der Waals surface area contributed by atoms with Crippen molar-refractivity contribution in [2.45, 2.75) is 38.3 Å². The number of nitrogens with one attached hydrogen (secondary N) is 1. The first-order chi connectivity index (χ1) is 10.6. The molecule has 2 rings (SSSR count). The molecule has 22 heavy (non-hydrogen) atoms. The summed E-state index contributed by atoms with van der Waals surface area (Å²) < 4.78 is 24.5. The number of hydrogen-bond donors (Lipinski definition) is 2. The van der Waals surface area contributed by atoms with Crippen LogP contribution in [0.5, 0.6) is 5.75 Å². The van der Waals surface area contributed by atoms with Crippen LogP contribution in [0, 0.1) is 5.82 Å². The number of rotatable bonds is 6. The lowest BCUT2D eigenvalue weighted by molar-refractivity contribution is -0.125. The lowest BCUT2D eigenvalue weighted by Gasteiger charge is -2.28. The minimum atomic E-state index is -0.426. The van der Waals surface area contributed by atoms with Gasteiger partial charge in [-0.1, -0.05) is 13.3 Å². The van der Waals surface area contributed by atoms with Crippen LogP contribution in [-0.4, -0.2) is 26.2 Å². The SMILES string of the molecule is CCCC(N)c1cc(F)c2c(c1)C(NC(=O)COC)CCO2. The van der Waals surface area contributed by atoms with Crippen LogP contribution in [0.3, 0.4) is 0 Å². The van der Waals surface area contributed by atoms with Crippen molar-refractivity contribution in [3.05, 3.63) is 29.1 Å². The predicted octanol–water partition coefficient (Wildman–Crippen LogP) is 2.21. The van der Waals surface area contributed by atoms with Crippen molar-refractivity contribution in [2.75, 3.05) is 20.3 Å². The van der Waals surface area contributed by atoms with Gasteiger partial charge in [-0.25, -0.2) is 4.39 Å². The number of carbonyl (C=O) groups is 1. The fourth-order valence-corrected chi connectivity index (χ4v) is 2.69. The van der Waals surface area contributed by atoms with Gasteiger partial charge in [0.1, 0.15) is 6.61 Å². The van der Waals surface area contributed by atoms with Crippen molar-refractivity contribution in [3.63, 3.8) is 0 Å². The van der Waals surface area contributed by atoms with E-state index in [1.54, 1.807) is 0 Å². The van der Waals surface area contributed by atoms with Crippen LogP contribution in [0.4, 0.5) is 4.39 Å². The summed E-state index contributed by atoms with van der Waals surface area (Å²) in [6.45, 7) is 2.37. The summed E-state index contributed by atoms with van der Waals surface area (Å²) in [5.41, 5.74) is 7.47. The van der Waals surface area contributed by atoms with Crippen LogP contribution in [0.15, 0.2) is 12.1 Å². The Kier molecular flexibility index (Phi) is 5.74. The summed E-state index contributed by atoms with van der Waals surface area (Å²) in [6.07, 6.45) is 2.29. The topological polar surface area (TPSA) is 73.6 Å². The molecule has 6 heteroatoms. The molecule has 1 aromatic rings. The number of carbonyl (C=O) groups excluding carboxylic acids is 1. The maximum absolute atomic E-state index is 14.3. The number of fused-ring (bicyclic) bond motifs is 1. The minimum Gasteiger partial charge on any atom is -0.490 e. The zero-order chi connectivity index (χ0) is 16.1. The highest BCUT2D eigenvalue weighted by Crippen LogP contribution is 2.36. The Bertz CT molecular complexity index is 536. The molecule has 1 heterocycles. The zero-order valence-electron chi connectivity index (χ0n) is 13.0. The maximum atomic E-state index is 14.3. The Morgan fingerprint density at radius 3 is 3.05 bits per heavy atom. The van der Waals surface area contributed by atoms with Gasteiger partial charge in [0.05, 0.1) is 12.6 Å². The quantitative estimate of drug-likeness (QED) is 0.845. The number of amides is 1. The molecule has 1 aliphatic rings. The number of ether oxygens (including phenoxy) is 2. The van der Waals surface area contributed by atoms with Gasteiger partial charge < -0.3 is 20.5 Å². The van der Waals surface area contributed by atoms with E-state index >= 15 is 0 Å². The number of benzene rings is 1. The number of halogens is 1. The summed E-state index contributed by atoms with van der Waals surface area (Å²) in [5, 5.41) is 2.85. The second-order valence-corrected chi connectivity index (χ2v) is 5.51. The molecule has 2 unspecified atom stereocenters. The Hall–Kier alpha value is -1.66. The van der Waals surface area contributed by atoms with Gasteiger partial charge in [0, 0.05) is 25.1 Å². The molecule has 122 valence electrons. The van der Waals surface area contributed by atoms with Crippen LogP contribution >= 0.6 is 0 Å². The molecule has 1 amide bonds. The molecule has 1 aliphatic heterocycles. The first kappa shape index (κ1) is 16.7. The summed E-state index contributed by atoms with van der Waals surface area (Å²) in [4.78, 5) is 11.7. The molecule has 0 saturated heterocycles. The summed E-state index contributed by atoms with van der Waals surface area (Å²) in [6, 6.07) is 2.77. The molecule has 3 N–H and O–H groups in total. The monoisotopic (exact) mass is 310 g/mol. The van der Waals surface area contributed by atoms with Gasteiger partial charge in [-0.05, 0) is 24.1 Å². The van der Waals surface area contributed by atoms with Gasteiger partial charge in [-0.15, -0.1) is 0 Å². The third kappa shape index (κ3) is 3.75. The molecule has 0 bridgehead atoms. The Morgan fingerprint density at radius 2 is 2.36 bits per heavy atom. The molecule has 0 fully saturated rings. The van der Waals surface area contributed by atoms with E-state index in [0.29, 0.717) is 18.6 Å². The summed E-state index contributed by atoms with van der Waals surface area (Å²) in [5.74, 6) is -0.449. The average molecular weight is 310 g/mol. The molecular weight excluding hydrogens is 287 g/mol. The standard InChI is InChI=1S/C16H23FN2O3/c1-3-4-13(18)10-7-11-14(19-15(20)9-21-2)5-6-22-16(11)12(17)8-10/h7-8,13-14H,3-6,9,18H2,1-2H3,(H,19,20). The van der Waals surface area contributed by atoms with Crippen LogP contribution in [0.1, 0.15) is 49.4 Å². The summed E-state index contributed by atoms with van der Waals surface area (Å²) in [7, 11) is 1.46. The molecule has 0 aromatic heterocycles. The van der Waals surface area contributed by atoms with Crippen LogP contribution in [0.2, 0.25) is 0 Å². The third-order valence-electron chi connectivity index (χ3n) is 3.76. The number of hydrogen-bond acceptors (Lipinski definition) is 4. The molecule has 0 radical (unpaired) electrons. The lowest BCUT2D eigenvalue weighted by Crippen LogP contribution is -2.34. The largest absolute Gasteiger partial charge is 0.490 e. The van der Waals surface area contributed by atoms with Gasteiger partial charge in [0.15, 0.2) is 11.6 Å². The Labute approximate surface area is 130 Å². The highest BCUT2D eigenvalue weighted by molar-refractivity contribution is 5.77. The van der Waals surface area contributed by atoms with Gasteiger partial charge >= 0.3 is 0 Å². The second-order valence-electron chi connectivity index (χ2n) is 5.51. The average Bonchev–Trinajstić information content (AvgIpc) is 2.48. The fraction of sp³-hybridized carbons (Fsp3) is 0.562. The van der Waals surface area contributed by atoms with Crippen LogP contribution < -0.4 is 15.8 Å². The number of methoxy groups -OCH3 is 1. The Balaban J connectivity index is 2.29. The van der Waals surface area contributed by atoms with Crippen molar-refractivity contribution < 1.29 is 18.7 Å². The summed E-state index contributed by atoms with van der Waals surface area (Å²) >= 11 is 0. The fourth-order valence-electron chi connectivity index (χ4n) is 2.69. The first-order valence-corrected chi connectivity index (χ1v) is 7.56. The van der Waals surface area contributed by atoms with Crippen LogP contribution in [0.25, 0.3) is 0 Å². The third-order valence-corrected chi connectivity index (χ3v) is 3.76. The van der Waals surface area contributed by atoms with Crippen molar-refractivity contribution >= 4 is 5.91 Å². The van der Waals surface area contributed by atoms with E-state index in [0.717, 1.165) is 18.4 Å². The van der Waals surface area contributed by atoms with Crippen molar-refractivity contribution in [2.24, 2.45) is 5.73 Å². The van der Waals surface area contributed by atoms with E-state index < -0.39 is 5.82 Å². The van der Waals surface area contributed by atoms with Gasteiger partial charge in [0.25, 0.3) is 0 Å². The highest BCUT2D eigenvalue weighted by atomic mass is 19.1. The molecular formula is C16H23FN2O3. The molecule has 5 nitrogen and oxygen atoms in total. The predicted molar refractivity (Wildman–Crippen MR) is 81.1 cm³/mol. The van der Waals surface area contributed by atoms with E-state index in [9.17, 15) is 9.18 Å². The molecule has 2 atom stereocenters. The molecule has 0 spiro atoms. The number of nitrogens with two attached hydrogens (primary N) is 1. The van der Waals surface area contributed by atoms with E-state index in [4.69, 9.17) is 15.2 Å². The molecule has 1 aromatic carbocycles. The maximum Gasteiger partial charge on any atom is 0.246 e. The Morgan fingerprint density at radius 1 is 1.59 bits per heavy atom. The lowest BCUT2D eigenvalue weighted by atomic mass is 9.94. The second kappa shape index (κ2) is 7.56. The van der Waals surface area contributed by atoms with Crippen molar-refractivity contribution in [1.29, 1.82) is 0 Å².